The van der Waals surface area contributed by atoms with Gasteiger partial charge < -0.3 is 9.04 Å². The lowest BCUT2D eigenvalue weighted by Gasteiger charge is -2.30. The highest BCUT2D eigenvalue weighted by Crippen LogP contribution is 2.00. The zero-order valence-electron chi connectivity index (χ0n) is 10.5. The van der Waals surface area contributed by atoms with Gasteiger partial charge in [-0.25, -0.2) is 8.42 Å². The van der Waals surface area contributed by atoms with Crippen molar-refractivity contribution in [2.75, 3.05) is 32.4 Å². The standard InChI is InChI=1S/C9H18N.C2H6O3S/c1-5-8-10(4,7-3)9-6-2;1-2-6(3,4)5/h5-6H,1-2,7-9H2,3-4H3;2H2,1H3,(H,3,4,5)/q+1;/p-1. The molecule has 0 aromatic rings. The molecule has 0 aromatic carbocycles. The third kappa shape index (κ3) is 11.4. The predicted molar refractivity (Wildman–Crippen MR) is 67.1 cm³/mol. The van der Waals surface area contributed by atoms with Crippen molar-refractivity contribution in [3.63, 3.8) is 0 Å². The Labute approximate surface area is 99.6 Å². The molecule has 4 nitrogen and oxygen atoms in total. The summed E-state index contributed by atoms with van der Waals surface area (Å²) in [5, 5.41) is 0. The SMILES string of the molecule is C=CC[N+](C)(CC)CC=C.CCS(=O)(=O)[O-]. The Hall–Kier alpha value is -0.650. The van der Waals surface area contributed by atoms with Crippen molar-refractivity contribution in [2.45, 2.75) is 13.8 Å². The highest BCUT2D eigenvalue weighted by atomic mass is 32.2. The molecule has 0 heterocycles. The van der Waals surface area contributed by atoms with Gasteiger partial charge in [0.05, 0.1) is 36.8 Å². The molecule has 0 spiro atoms. The Morgan fingerprint density at radius 2 is 1.50 bits per heavy atom. The van der Waals surface area contributed by atoms with Gasteiger partial charge in [-0.1, -0.05) is 20.1 Å². The molecule has 0 N–H and O–H groups in total. The molecule has 0 fully saturated rings. The van der Waals surface area contributed by atoms with Crippen LogP contribution in [0, 0.1) is 0 Å². The molecule has 5 heteroatoms. The van der Waals surface area contributed by atoms with Crippen molar-refractivity contribution in [3.05, 3.63) is 25.3 Å². The molecule has 0 radical (unpaired) electrons. The summed E-state index contributed by atoms with van der Waals surface area (Å²) >= 11 is 0. The van der Waals surface area contributed by atoms with Crippen LogP contribution in [0.3, 0.4) is 0 Å². The summed E-state index contributed by atoms with van der Waals surface area (Å²) in [6, 6.07) is 0. The fourth-order valence-corrected chi connectivity index (χ4v) is 0.956. The first-order valence-electron chi connectivity index (χ1n) is 5.23. The average Bonchev–Trinajstić information content (AvgIpc) is 2.18. The van der Waals surface area contributed by atoms with Crippen LogP contribution in [0.25, 0.3) is 0 Å². The van der Waals surface area contributed by atoms with Crippen molar-refractivity contribution in [2.24, 2.45) is 0 Å². The summed E-state index contributed by atoms with van der Waals surface area (Å²) in [5.74, 6) is -0.312. The predicted octanol–water partition coefficient (Wildman–Crippen LogP) is 1.38. The molecule has 0 rings (SSSR count). The number of hydrogen-bond acceptors (Lipinski definition) is 3. The Morgan fingerprint density at radius 3 is 1.62 bits per heavy atom. The third-order valence-electron chi connectivity index (χ3n) is 2.26. The van der Waals surface area contributed by atoms with Crippen LogP contribution in [0.15, 0.2) is 25.3 Å². The fraction of sp³-hybridized carbons (Fsp3) is 0.636. The van der Waals surface area contributed by atoms with Crippen LogP contribution in [-0.2, 0) is 10.1 Å². The lowest BCUT2D eigenvalue weighted by atomic mass is 10.3. The van der Waals surface area contributed by atoms with Gasteiger partial charge in [-0.3, -0.25) is 0 Å². The van der Waals surface area contributed by atoms with Gasteiger partial charge in [0, 0.05) is 5.75 Å². The van der Waals surface area contributed by atoms with E-state index >= 15 is 0 Å². The van der Waals surface area contributed by atoms with Crippen LogP contribution in [-0.4, -0.2) is 49.9 Å². The summed E-state index contributed by atoms with van der Waals surface area (Å²) in [4.78, 5) is 0. The van der Waals surface area contributed by atoms with E-state index in [2.05, 4.69) is 27.1 Å². The minimum Gasteiger partial charge on any atom is -0.748 e. The van der Waals surface area contributed by atoms with E-state index in [9.17, 15) is 13.0 Å². The van der Waals surface area contributed by atoms with Gasteiger partial charge in [0.25, 0.3) is 0 Å². The summed E-state index contributed by atoms with van der Waals surface area (Å²) in [6.45, 7) is 14.1. The van der Waals surface area contributed by atoms with Crippen molar-refractivity contribution >= 4 is 10.1 Å². The quantitative estimate of drug-likeness (QED) is 0.406. The maximum atomic E-state index is 9.44. The smallest absolute Gasteiger partial charge is 0.0971 e. The van der Waals surface area contributed by atoms with Crippen LogP contribution < -0.4 is 0 Å². The number of hydrogen-bond donors (Lipinski definition) is 0. The number of quaternary nitrogens is 1. The van der Waals surface area contributed by atoms with Crippen molar-refractivity contribution in [1.29, 1.82) is 0 Å². The molecule has 0 saturated heterocycles. The molecule has 0 aliphatic rings. The zero-order chi connectivity index (χ0) is 13.2. The Balaban J connectivity index is 0. The van der Waals surface area contributed by atoms with Crippen LogP contribution in [0.2, 0.25) is 0 Å². The van der Waals surface area contributed by atoms with E-state index in [1.807, 2.05) is 12.2 Å². The second kappa shape index (κ2) is 8.50. The Morgan fingerprint density at radius 1 is 1.19 bits per heavy atom. The first-order chi connectivity index (χ1) is 7.24. The van der Waals surface area contributed by atoms with Crippen molar-refractivity contribution in [3.8, 4) is 0 Å². The van der Waals surface area contributed by atoms with Gasteiger partial charge in [-0.15, -0.1) is 0 Å². The molecular weight excluding hydrogens is 226 g/mol. The number of nitrogens with zero attached hydrogens (tertiary/aromatic N) is 1. The summed E-state index contributed by atoms with van der Waals surface area (Å²) in [7, 11) is -1.70. The second-order valence-electron chi connectivity index (χ2n) is 3.72. The van der Waals surface area contributed by atoms with Crippen molar-refractivity contribution < 1.29 is 17.5 Å². The summed E-state index contributed by atoms with van der Waals surface area (Å²) in [5.41, 5.74) is 0. The maximum Gasteiger partial charge on any atom is 0.0971 e. The normalized spacial score (nSPS) is 11.2. The molecule has 0 atom stereocenters. The van der Waals surface area contributed by atoms with E-state index in [-0.39, 0.29) is 5.75 Å². The highest BCUT2D eigenvalue weighted by molar-refractivity contribution is 7.85. The first kappa shape index (κ1) is 17.7. The zero-order valence-corrected chi connectivity index (χ0v) is 11.3. The lowest BCUT2D eigenvalue weighted by molar-refractivity contribution is -0.896. The molecule has 0 aromatic heterocycles. The van der Waals surface area contributed by atoms with Gasteiger partial charge in [0.2, 0.25) is 0 Å². The number of likely N-dealkylation sites (N-methyl/N-ethyl adjacent to an activating group) is 1. The minimum atomic E-state index is -3.91. The maximum absolute atomic E-state index is 9.44. The molecule has 0 aliphatic heterocycles. The highest BCUT2D eigenvalue weighted by Gasteiger charge is 2.13. The fourth-order valence-electron chi connectivity index (χ4n) is 0.956. The monoisotopic (exact) mass is 249 g/mol. The van der Waals surface area contributed by atoms with Gasteiger partial charge in [-0.2, -0.15) is 0 Å². The minimum absolute atomic E-state index is 0.312. The largest absolute Gasteiger partial charge is 0.748 e. The third-order valence-corrected chi connectivity index (χ3v) is 2.96. The van der Waals surface area contributed by atoms with E-state index in [1.54, 1.807) is 0 Å². The van der Waals surface area contributed by atoms with E-state index < -0.39 is 10.1 Å². The van der Waals surface area contributed by atoms with Crippen molar-refractivity contribution in [1.82, 2.24) is 0 Å². The molecule has 0 amide bonds. The van der Waals surface area contributed by atoms with Crippen LogP contribution >= 0.6 is 0 Å². The van der Waals surface area contributed by atoms with Gasteiger partial charge in [-0.05, 0) is 19.1 Å². The van der Waals surface area contributed by atoms with E-state index in [0.717, 1.165) is 24.1 Å². The molecule has 16 heavy (non-hydrogen) atoms. The van der Waals surface area contributed by atoms with Gasteiger partial charge in [0.15, 0.2) is 0 Å². The average molecular weight is 249 g/mol. The Kier molecular flexibility index (Phi) is 9.42. The number of rotatable bonds is 6. The summed E-state index contributed by atoms with van der Waals surface area (Å²) < 4.78 is 29.4. The van der Waals surface area contributed by atoms with Gasteiger partial charge >= 0.3 is 0 Å². The van der Waals surface area contributed by atoms with Crippen LogP contribution in [0.5, 0.6) is 0 Å². The van der Waals surface area contributed by atoms with Gasteiger partial charge in [0.1, 0.15) is 0 Å². The lowest BCUT2D eigenvalue weighted by Crippen LogP contribution is -2.43. The Bertz CT molecular complexity index is 286. The van der Waals surface area contributed by atoms with Crippen LogP contribution in [0.1, 0.15) is 13.8 Å². The first-order valence-corrected chi connectivity index (χ1v) is 6.81. The molecular formula is C11H23NO3S. The summed E-state index contributed by atoms with van der Waals surface area (Å²) in [6.07, 6.45) is 3.93. The molecule has 0 aliphatic carbocycles. The van der Waals surface area contributed by atoms with Crippen LogP contribution in [0.4, 0.5) is 0 Å². The second-order valence-corrected chi connectivity index (χ2v) is 5.42. The molecule has 96 valence electrons. The topological polar surface area (TPSA) is 57.2 Å². The van der Waals surface area contributed by atoms with E-state index in [1.165, 1.54) is 6.92 Å². The van der Waals surface area contributed by atoms with E-state index in [0.29, 0.717) is 0 Å². The molecule has 0 bridgehead atoms. The molecule has 0 saturated carbocycles. The van der Waals surface area contributed by atoms with E-state index in [4.69, 9.17) is 0 Å². The molecule has 0 unspecified atom stereocenters.